The quantitative estimate of drug-likeness (QED) is 0.438. The third-order valence-corrected chi connectivity index (χ3v) is 5.90. The second-order valence-corrected chi connectivity index (χ2v) is 7.86. The summed E-state index contributed by atoms with van der Waals surface area (Å²) in [6, 6.07) is 12.0. The summed E-state index contributed by atoms with van der Waals surface area (Å²) in [4.78, 5) is 41.1. The predicted octanol–water partition coefficient (Wildman–Crippen LogP) is 2.81. The van der Waals surface area contributed by atoms with Gasteiger partial charge in [-0.15, -0.1) is 11.3 Å². The molecule has 1 aliphatic rings. The number of non-ortho nitro benzene ring substituents is 1. The van der Waals surface area contributed by atoms with Crippen molar-refractivity contribution in [2.75, 3.05) is 19.0 Å². The van der Waals surface area contributed by atoms with Crippen molar-refractivity contribution in [3.8, 4) is 16.2 Å². The number of thiophene rings is 1. The van der Waals surface area contributed by atoms with Gasteiger partial charge in [0.05, 0.1) is 23.4 Å². The number of nitrogens with zero attached hydrogens (tertiary/aromatic N) is 2. The van der Waals surface area contributed by atoms with Crippen LogP contribution in [-0.4, -0.2) is 36.7 Å². The number of benzene rings is 2. The molecule has 0 bridgehead atoms. The van der Waals surface area contributed by atoms with Gasteiger partial charge in [0.2, 0.25) is 0 Å². The van der Waals surface area contributed by atoms with Crippen molar-refractivity contribution in [1.82, 2.24) is 0 Å². The lowest BCUT2D eigenvalue weighted by Crippen LogP contribution is -3.15. The molecule has 1 unspecified atom stereocenters. The van der Waals surface area contributed by atoms with Crippen LogP contribution in [0.25, 0.3) is 10.4 Å². The van der Waals surface area contributed by atoms with Crippen molar-refractivity contribution in [3.63, 3.8) is 0 Å². The summed E-state index contributed by atoms with van der Waals surface area (Å²) in [5.41, 5.74) is 0.718. The van der Waals surface area contributed by atoms with E-state index >= 15 is 0 Å². The number of anilines is 1. The highest BCUT2D eigenvalue weighted by Crippen LogP contribution is 2.37. The average Bonchev–Trinajstić information content (AvgIpc) is 3.22. The highest BCUT2D eigenvalue weighted by atomic mass is 32.1. The number of fused-ring (bicyclic) bond motifs is 1. The first-order chi connectivity index (χ1) is 15.4. The van der Waals surface area contributed by atoms with Crippen LogP contribution >= 0.6 is 11.3 Å². The Bertz CT molecular complexity index is 1260. The van der Waals surface area contributed by atoms with Gasteiger partial charge in [-0.1, -0.05) is 0 Å². The van der Waals surface area contributed by atoms with E-state index in [1.807, 2.05) is 24.3 Å². The van der Waals surface area contributed by atoms with Crippen LogP contribution in [0.5, 0.6) is 5.75 Å². The molecule has 2 N–H and O–H groups in total. The lowest BCUT2D eigenvalue weighted by atomic mass is 10.1. The lowest BCUT2D eigenvalue weighted by Gasteiger charge is -2.14. The molecule has 9 nitrogen and oxygen atoms in total. The molecule has 0 radical (unpaired) electrons. The summed E-state index contributed by atoms with van der Waals surface area (Å²) in [5, 5.41) is 13.1. The molecule has 162 valence electrons. The first-order valence-corrected chi connectivity index (χ1v) is 10.1. The molecule has 32 heavy (non-hydrogen) atoms. The number of quaternary nitrogens is 1. The van der Waals surface area contributed by atoms with Crippen molar-refractivity contribution in [1.29, 1.82) is 0 Å². The molecule has 3 aromatic rings. The number of amides is 2. The van der Waals surface area contributed by atoms with Crippen molar-refractivity contribution >= 4 is 46.6 Å². The number of halogens is 1. The monoisotopic (exact) mass is 455 g/mol. The minimum absolute atomic E-state index is 0.143. The first kappa shape index (κ1) is 21.3. The fraction of sp³-hybridized carbons (Fsp3) is 0.0952. The maximum atomic E-state index is 13.9. The molecule has 11 heteroatoms. The van der Waals surface area contributed by atoms with E-state index < -0.39 is 16.6 Å². The van der Waals surface area contributed by atoms with Gasteiger partial charge in [0.15, 0.2) is 17.8 Å². The Hall–Kier alpha value is -3.96. The molecule has 1 aliphatic heterocycles. The molecule has 2 amide bonds. The summed E-state index contributed by atoms with van der Waals surface area (Å²) in [5.74, 6) is -1.13. The minimum Gasteiger partial charge on any atom is -0.497 e. The molecule has 4 rings (SSSR count). The summed E-state index contributed by atoms with van der Waals surface area (Å²) >= 11 is 1.26. The van der Waals surface area contributed by atoms with Gasteiger partial charge in [-0.2, -0.15) is 0 Å². The number of rotatable bonds is 6. The maximum Gasteiger partial charge on any atom is 0.362 e. The summed E-state index contributed by atoms with van der Waals surface area (Å²) in [6.07, 6.45) is 1.32. The fourth-order valence-electron chi connectivity index (χ4n) is 3.11. The Kier molecular flexibility index (Phi) is 5.75. The van der Waals surface area contributed by atoms with Gasteiger partial charge in [0, 0.05) is 17.0 Å². The molecule has 0 spiro atoms. The van der Waals surface area contributed by atoms with E-state index in [0.29, 0.717) is 16.3 Å². The zero-order chi connectivity index (χ0) is 22.8. The molecule has 1 atom stereocenters. The second kappa shape index (κ2) is 8.65. The fourth-order valence-corrected chi connectivity index (χ4v) is 4.19. The van der Waals surface area contributed by atoms with Gasteiger partial charge in [-0.25, -0.2) is 19.1 Å². The highest BCUT2D eigenvalue weighted by molar-refractivity contribution is 7.18. The summed E-state index contributed by atoms with van der Waals surface area (Å²) in [7, 11) is 1.58. The Balaban J connectivity index is 1.48. The van der Waals surface area contributed by atoms with Crippen molar-refractivity contribution < 1.29 is 28.5 Å². The second-order valence-electron chi connectivity index (χ2n) is 6.81. The topological polar surface area (TPSA) is 115 Å². The van der Waals surface area contributed by atoms with Gasteiger partial charge < -0.3 is 10.1 Å². The zero-order valence-corrected chi connectivity index (χ0v) is 17.4. The number of aliphatic imine (C=N–C) groups is 1. The number of nitrogens with one attached hydrogen (secondary N) is 2. The summed E-state index contributed by atoms with van der Waals surface area (Å²) < 4.78 is 19.1. The standard InChI is InChI=1S/C21H15FN4O5S/c1-31-14-5-2-12(3-6-14)18-9-17-20(32-18)21(28)25(11-23-17)10-19(27)24-16-8-13(26(29)30)4-7-15(16)22/h2-9,11H,10H2,1H3,(H,24,27)/p+1. The van der Waals surface area contributed by atoms with Crippen LogP contribution in [0.2, 0.25) is 0 Å². The van der Waals surface area contributed by atoms with Crippen LogP contribution in [0.15, 0.2) is 53.5 Å². The number of hydrogen-bond acceptors (Lipinski definition) is 7. The van der Waals surface area contributed by atoms with Crippen LogP contribution in [0.1, 0.15) is 9.67 Å². The van der Waals surface area contributed by atoms with E-state index in [0.717, 1.165) is 28.6 Å². The van der Waals surface area contributed by atoms with Crippen LogP contribution in [0.3, 0.4) is 0 Å². The Morgan fingerprint density at radius 1 is 1.25 bits per heavy atom. The number of carbonyl (C=O) groups is 2. The number of ether oxygens (including phenoxy) is 1. The molecule has 0 aliphatic carbocycles. The van der Waals surface area contributed by atoms with Crippen molar-refractivity contribution in [3.05, 3.63) is 69.3 Å². The third kappa shape index (κ3) is 4.24. The van der Waals surface area contributed by atoms with Crippen molar-refractivity contribution in [2.45, 2.75) is 0 Å². The van der Waals surface area contributed by atoms with E-state index in [9.17, 15) is 24.1 Å². The number of nitro benzene ring substituents is 1. The van der Waals surface area contributed by atoms with Gasteiger partial charge in [0.1, 0.15) is 11.6 Å². The molecule has 0 saturated carbocycles. The average molecular weight is 455 g/mol. The van der Waals surface area contributed by atoms with Crippen molar-refractivity contribution in [2.24, 2.45) is 4.99 Å². The van der Waals surface area contributed by atoms with Crippen LogP contribution < -0.4 is 15.0 Å². The molecule has 2 heterocycles. The van der Waals surface area contributed by atoms with E-state index in [-0.39, 0.29) is 28.7 Å². The Labute approximate surface area is 184 Å². The predicted molar refractivity (Wildman–Crippen MR) is 116 cm³/mol. The van der Waals surface area contributed by atoms with E-state index in [4.69, 9.17) is 4.74 Å². The SMILES string of the molecule is COc1ccc(-c2cc3c(s2)C(=O)[NH+](CC(=O)Nc2cc([N+](=O)[O-])ccc2F)C=N3)cc1. The van der Waals surface area contributed by atoms with Gasteiger partial charge >= 0.3 is 5.91 Å². The minimum atomic E-state index is -0.817. The molecule has 1 aromatic heterocycles. The number of hydrogen-bond donors (Lipinski definition) is 2. The van der Waals surface area contributed by atoms with E-state index in [2.05, 4.69) is 10.3 Å². The normalized spacial score (nSPS) is 14.7. The zero-order valence-electron chi connectivity index (χ0n) is 16.6. The largest absolute Gasteiger partial charge is 0.497 e. The van der Waals surface area contributed by atoms with Crippen LogP contribution in [-0.2, 0) is 4.79 Å². The number of nitro groups is 1. The lowest BCUT2D eigenvalue weighted by molar-refractivity contribution is -0.694. The first-order valence-electron chi connectivity index (χ1n) is 9.32. The molecule has 0 fully saturated rings. The highest BCUT2D eigenvalue weighted by Gasteiger charge is 2.32. The molecule has 0 saturated heterocycles. The van der Waals surface area contributed by atoms with Crippen LogP contribution in [0, 0.1) is 15.9 Å². The Morgan fingerprint density at radius 2 is 2.00 bits per heavy atom. The number of carbonyl (C=O) groups excluding carboxylic acids is 2. The van der Waals surface area contributed by atoms with Crippen LogP contribution in [0.4, 0.5) is 21.5 Å². The molecular formula is C21H16FN4O5S+. The van der Waals surface area contributed by atoms with Gasteiger partial charge in [-0.05, 0) is 42.0 Å². The van der Waals surface area contributed by atoms with E-state index in [1.54, 1.807) is 13.2 Å². The smallest absolute Gasteiger partial charge is 0.362 e. The maximum absolute atomic E-state index is 13.9. The van der Waals surface area contributed by atoms with Gasteiger partial charge in [0.25, 0.3) is 11.6 Å². The number of methoxy groups -OCH3 is 1. The molecule has 2 aromatic carbocycles. The van der Waals surface area contributed by atoms with E-state index in [1.165, 1.54) is 17.7 Å². The molecular weight excluding hydrogens is 439 g/mol. The third-order valence-electron chi connectivity index (χ3n) is 4.73. The summed E-state index contributed by atoms with van der Waals surface area (Å²) in [6.45, 7) is -0.348. The van der Waals surface area contributed by atoms with Gasteiger partial charge in [-0.3, -0.25) is 14.9 Å². The Morgan fingerprint density at radius 3 is 2.69 bits per heavy atom.